The van der Waals surface area contributed by atoms with Crippen molar-refractivity contribution in [2.24, 2.45) is 5.73 Å². The summed E-state index contributed by atoms with van der Waals surface area (Å²) in [4.78, 5) is 29.6. The van der Waals surface area contributed by atoms with Crippen molar-refractivity contribution in [1.82, 2.24) is 4.98 Å². The van der Waals surface area contributed by atoms with E-state index in [-0.39, 0.29) is 22.1 Å². The van der Waals surface area contributed by atoms with Crippen molar-refractivity contribution in [2.75, 3.05) is 10.6 Å². The molecular weight excluding hydrogens is 425 g/mol. The first-order chi connectivity index (χ1) is 14.2. The molecule has 152 valence electrons. The molecule has 1 heterocycles. The fraction of sp³-hybridized carbons (Fsp3) is 0.0476. The standard InChI is InChI=1S/C21H17Cl2N5O2/c1-11-8-15(21(30)27-17-7-6-14(22)10-26-17)18(16(23)9-11)28-20(29)13-4-2-12(3-5-13)19(24)25/h2-10H,1H3,(H3,24,25)(H,28,29)(H,26,27,30). The minimum Gasteiger partial charge on any atom is -0.384 e. The number of rotatable bonds is 5. The van der Waals surface area contributed by atoms with Crippen LogP contribution in [0.5, 0.6) is 0 Å². The van der Waals surface area contributed by atoms with Crippen LogP contribution in [-0.4, -0.2) is 22.6 Å². The summed E-state index contributed by atoms with van der Waals surface area (Å²) in [6, 6.07) is 12.6. The number of halogens is 2. The predicted octanol–water partition coefficient (Wildman–Crippen LogP) is 4.49. The second-order valence-corrected chi connectivity index (χ2v) is 7.27. The molecule has 0 aliphatic rings. The van der Waals surface area contributed by atoms with Crippen LogP contribution in [0, 0.1) is 12.3 Å². The number of amides is 2. The van der Waals surface area contributed by atoms with Gasteiger partial charge >= 0.3 is 0 Å². The van der Waals surface area contributed by atoms with E-state index in [9.17, 15) is 9.59 Å². The zero-order valence-corrected chi connectivity index (χ0v) is 17.3. The van der Waals surface area contributed by atoms with Crippen LogP contribution in [0.3, 0.4) is 0 Å². The summed E-state index contributed by atoms with van der Waals surface area (Å²) in [7, 11) is 0. The molecule has 30 heavy (non-hydrogen) atoms. The van der Waals surface area contributed by atoms with Gasteiger partial charge in [-0.15, -0.1) is 0 Å². The number of aromatic nitrogens is 1. The lowest BCUT2D eigenvalue weighted by molar-refractivity contribution is 0.102. The van der Waals surface area contributed by atoms with Gasteiger partial charge in [0.1, 0.15) is 11.7 Å². The molecule has 7 nitrogen and oxygen atoms in total. The van der Waals surface area contributed by atoms with E-state index in [1.807, 2.05) is 0 Å². The molecular formula is C21H17Cl2N5O2. The fourth-order valence-corrected chi connectivity index (χ4v) is 3.10. The summed E-state index contributed by atoms with van der Waals surface area (Å²) in [5, 5.41) is 13.4. The molecule has 0 bridgehead atoms. The predicted molar refractivity (Wildman–Crippen MR) is 119 cm³/mol. The van der Waals surface area contributed by atoms with E-state index in [1.54, 1.807) is 43.3 Å². The quantitative estimate of drug-likeness (QED) is 0.344. The van der Waals surface area contributed by atoms with Crippen LogP contribution in [0.1, 0.15) is 31.8 Å². The molecule has 3 rings (SSSR count). The molecule has 0 spiro atoms. The number of nitrogen functional groups attached to an aromatic ring is 1. The van der Waals surface area contributed by atoms with Crippen LogP contribution in [0.2, 0.25) is 10.0 Å². The van der Waals surface area contributed by atoms with Crippen molar-refractivity contribution in [3.05, 3.63) is 87.0 Å². The zero-order valence-electron chi connectivity index (χ0n) is 15.8. The lowest BCUT2D eigenvalue weighted by atomic mass is 10.1. The van der Waals surface area contributed by atoms with Gasteiger partial charge in [0.25, 0.3) is 11.8 Å². The highest BCUT2D eigenvalue weighted by Crippen LogP contribution is 2.29. The van der Waals surface area contributed by atoms with Crippen LogP contribution >= 0.6 is 23.2 Å². The second-order valence-electron chi connectivity index (χ2n) is 6.43. The number of carbonyl (C=O) groups excluding carboxylic acids is 2. The molecule has 3 aromatic rings. The maximum absolute atomic E-state index is 12.8. The van der Waals surface area contributed by atoms with Gasteiger partial charge in [-0.25, -0.2) is 4.98 Å². The van der Waals surface area contributed by atoms with Crippen molar-refractivity contribution in [2.45, 2.75) is 6.92 Å². The van der Waals surface area contributed by atoms with Crippen LogP contribution in [0.4, 0.5) is 11.5 Å². The third-order valence-corrected chi connectivity index (χ3v) is 4.67. The number of hydrogen-bond acceptors (Lipinski definition) is 4. The van der Waals surface area contributed by atoms with Crippen LogP contribution < -0.4 is 16.4 Å². The summed E-state index contributed by atoms with van der Waals surface area (Å²) >= 11 is 12.1. The molecule has 0 unspecified atom stereocenters. The third kappa shape index (κ3) is 4.94. The topological polar surface area (TPSA) is 121 Å². The van der Waals surface area contributed by atoms with Crippen LogP contribution in [0.25, 0.3) is 0 Å². The number of nitrogens with two attached hydrogens (primary N) is 1. The SMILES string of the molecule is Cc1cc(Cl)c(NC(=O)c2ccc(C(=N)N)cc2)c(C(=O)Nc2ccc(Cl)cn2)c1. The molecule has 0 fully saturated rings. The largest absolute Gasteiger partial charge is 0.384 e. The van der Waals surface area contributed by atoms with E-state index in [0.717, 1.165) is 5.56 Å². The monoisotopic (exact) mass is 441 g/mol. The maximum atomic E-state index is 12.8. The molecule has 9 heteroatoms. The van der Waals surface area contributed by atoms with Crippen molar-refractivity contribution >= 4 is 52.4 Å². The molecule has 0 saturated heterocycles. The van der Waals surface area contributed by atoms with Crippen molar-refractivity contribution in [3.63, 3.8) is 0 Å². The lowest BCUT2D eigenvalue weighted by Crippen LogP contribution is -2.19. The Labute approximate surface area is 182 Å². The first kappa shape index (κ1) is 21.3. The molecule has 2 aromatic carbocycles. The van der Waals surface area contributed by atoms with E-state index >= 15 is 0 Å². The van der Waals surface area contributed by atoms with E-state index < -0.39 is 11.8 Å². The second kappa shape index (κ2) is 8.94. The zero-order chi connectivity index (χ0) is 21.8. The van der Waals surface area contributed by atoms with Gasteiger partial charge < -0.3 is 16.4 Å². The molecule has 0 aliphatic heterocycles. The Bertz CT molecular complexity index is 1130. The maximum Gasteiger partial charge on any atom is 0.258 e. The number of benzene rings is 2. The number of nitrogens with one attached hydrogen (secondary N) is 3. The molecule has 2 amide bonds. The van der Waals surface area contributed by atoms with Crippen molar-refractivity contribution < 1.29 is 9.59 Å². The van der Waals surface area contributed by atoms with Crippen molar-refractivity contribution in [1.29, 1.82) is 5.41 Å². The Hall–Kier alpha value is -3.42. The number of pyridine rings is 1. The molecule has 0 aliphatic carbocycles. The average Bonchev–Trinajstić information content (AvgIpc) is 2.71. The van der Waals surface area contributed by atoms with Gasteiger partial charge in [-0.3, -0.25) is 15.0 Å². The first-order valence-electron chi connectivity index (χ1n) is 8.73. The summed E-state index contributed by atoms with van der Waals surface area (Å²) in [5.41, 5.74) is 7.36. The average molecular weight is 442 g/mol. The summed E-state index contributed by atoms with van der Waals surface area (Å²) in [6.07, 6.45) is 1.41. The van der Waals surface area contributed by atoms with E-state index in [1.165, 1.54) is 18.3 Å². The molecule has 0 atom stereocenters. The fourth-order valence-electron chi connectivity index (χ4n) is 2.67. The number of aryl methyl sites for hydroxylation is 1. The minimum atomic E-state index is -0.488. The third-order valence-electron chi connectivity index (χ3n) is 4.14. The van der Waals surface area contributed by atoms with Gasteiger partial charge in [0.15, 0.2) is 0 Å². The Morgan fingerprint density at radius 3 is 2.23 bits per heavy atom. The Kier molecular flexibility index (Phi) is 6.34. The number of hydrogen-bond donors (Lipinski definition) is 4. The normalized spacial score (nSPS) is 10.4. The van der Waals surface area contributed by atoms with E-state index in [4.69, 9.17) is 34.3 Å². The Morgan fingerprint density at radius 1 is 0.967 bits per heavy atom. The van der Waals surface area contributed by atoms with Gasteiger partial charge in [-0.2, -0.15) is 0 Å². The number of amidine groups is 1. The first-order valence-corrected chi connectivity index (χ1v) is 9.49. The number of anilines is 2. The molecule has 0 saturated carbocycles. The highest BCUT2D eigenvalue weighted by atomic mass is 35.5. The van der Waals surface area contributed by atoms with Gasteiger partial charge in [-0.1, -0.05) is 35.3 Å². The number of carbonyl (C=O) groups is 2. The summed E-state index contributed by atoms with van der Waals surface area (Å²) < 4.78 is 0. The van der Waals surface area contributed by atoms with Gasteiger partial charge in [0, 0.05) is 17.3 Å². The smallest absolute Gasteiger partial charge is 0.258 e. The number of nitrogens with zero attached hydrogens (tertiary/aromatic N) is 1. The highest BCUT2D eigenvalue weighted by Gasteiger charge is 2.19. The summed E-state index contributed by atoms with van der Waals surface area (Å²) in [5.74, 6) is -0.746. The minimum absolute atomic E-state index is 0.0988. The Balaban J connectivity index is 1.88. The van der Waals surface area contributed by atoms with Gasteiger partial charge in [0.05, 0.1) is 21.3 Å². The van der Waals surface area contributed by atoms with Crippen LogP contribution in [0.15, 0.2) is 54.7 Å². The summed E-state index contributed by atoms with van der Waals surface area (Å²) in [6.45, 7) is 1.79. The molecule has 0 radical (unpaired) electrons. The van der Waals surface area contributed by atoms with Gasteiger partial charge in [-0.05, 0) is 48.9 Å². The van der Waals surface area contributed by atoms with E-state index in [0.29, 0.717) is 22.0 Å². The van der Waals surface area contributed by atoms with E-state index in [2.05, 4.69) is 15.6 Å². The van der Waals surface area contributed by atoms with Crippen molar-refractivity contribution in [3.8, 4) is 0 Å². The Morgan fingerprint density at radius 2 is 1.63 bits per heavy atom. The molecule has 5 N–H and O–H groups in total. The van der Waals surface area contributed by atoms with Crippen LogP contribution in [-0.2, 0) is 0 Å². The van der Waals surface area contributed by atoms with Gasteiger partial charge in [0.2, 0.25) is 0 Å². The molecule has 1 aromatic heterocycles. The highest BCUT2D eigenvalue weighted by molar-refractivity contribution is 6.35. The lowest BCUT2D eigenvalue weighted by Gasteiger charge is -2.14.